The van der Waals surface area contributed by atoms with Crippen LogP contribution in [0.25, 0.3) is 0 Å². The summed E-state index contributed by atoms with van der Waals surface area (Å²) < 4.78 is 10.2. The van der Waals surface area contributed by atoms with Crippen LogP contribution < -0.4 is 5.32 Å². The maximum absolute atomic E-state index is 11.5. The maximum Gasteiger partial charge on any atom is 0.329 e. The van der Waals surface area contributed by atoms with Gasteiger partial charge in [0.1, 0.15) is 12.1 Å². The molecule has 0 spiro atoms. The molecule has 0 aromatic rings. The van der Waals surface area contributed by atoms with Crippen LogP contribution in [0.3, 0.4) is 0 Å². The second-order valence-electron chi connectivity index (χ2n) is 3.34. The van der Waals surface area contributed by atoms with Crippen LogP contribution in [0.4, 0.5) is 0 Å². The van der Waals surface area contributed by atoms with Crippen LogP contribution in [0, 0.1) is 0 Å². The van der Waals surface area contributed by atoms with Gasteiger partial charge in [0.25, 0.3) is 0 Å². The summed E-state index contributed by atoms with van der Waals surface area (Å²) >= 11 is 3.98. The van der Waals surface area contributed by atoms with Crippen LogP contribution in [0.15, 0.2) is 0 Å². The van der Waals surface area contributed by atoms with Gasteiger partial charge < -0.3 is 14.8 Å². The van der Waals surface area contributed by atoms with Gasteiger partial charge in [-0.1, -0.05) is 0 Å². The maximum atomic E-state index is 11.5. The molecule has 0 bridgehead atoms. The van der Waals surface area contributed by atoms with Crippen LogP contribution in [-0.2, 0) is 19.1 Å². The van der Waals surface area contributed by atoms with E-state index in [1.54, 1.807) is 6.92 Å². The third kappa shape index (κ3) is 6.68. The van der Waals surface area contributed by atoms with Gasteiger partial charge in [-0.2, -0.15) is 12.6 Å². The van der Waals surface area contributed by atoms with Gasteiger partial charge in [0, 0.05) is 19.3 Å². The summed E-state index contributed by atoms with van der Waals surface area (Å²) in [4.78, 5) is 22.3. The first-order chi connectivity index (χ1) is 7.51. The van der Waals surface area contributed by atoms with Gasteiger partial charge in [-0.05, 0) is 13.8 Å². The van der Waals surface area contributed by atoms with E-state index in [2.05, 4.69) is 17.9 Å². The van der Waals surface area contributed by atoms with Gasteiger partial charge >= 0.3 is 5.97 Å². The summed E-state index contributed by atoms with van der Waals surface area (Å²) in [5.41, 5.74) is 0. The molecule has 1 unspecified atom stereocenters. The average Bonchev–Trinajstić information content (AvgIpc) is 2.22. The lowest BCUT2D eigenvalue weighted by Crippen LogP contribution is -2.43. The molecule has 0 fully saturated rings. The molecule has 5 nitrogen and oxygen atoms in total. The minimum Gasteiger partial charge on any atom is -0.459 e. The fraction of sp³-hybridized carbons (Fsp3) is 0.800. The molecular weight excluding hydrogens is 230 g/mol. The van der Waals surface area contributed by atoms with E-state index in [9.17, 15) is 9.59 Å². The molecule has 16 heavy (non-hydrogen) atoms. The highest BCUT2D eigenvalue weighted by Crippen LogP contribution is 1.98. The van der Waals surface area contributed by atoms with Gasteiger partial charge in [-0.3, -0.25) is 4.79 Å². The lowest BCUT2D eigenvalue weighted by Gasteiger charge is -2.18. The largest absolute Gasteiger partial charge is 0.459 e. The van der Waals surface area contributed by atoms with Crippen LogP contribution in [0.5, 0.6) is 0 Å². The van der Waals surface area contributed by atoms with E-state index in [-0.39, 0.29) is 17.8 Å². The van der Waals surface area contributed by atoms with E-state index in [1.807, 2.05) is 6.92 Å². The van der Waals surface area contributed by atoms with E-state index in [0.717, 1.165) is 0 Å². The number of hydrogen-bond acceptors (Lipinski definition) is 5. The van der Waals surface area contributed by atoms with Crippen molar-refractivity contribution in [2.75, 3.05) is 19.0 Å². The Morgan fingerprint density at radius 1 is 1.44 bits per heavy atom. The highest BCUT2D eigenvalue weighted by Gasteiger charge is 2.21. The van der Waals surface area contributed by atoms with Crippen molar-refractivity contribution in [3.05, 3.63) is 0 Å². The molecule has 0 aromatic carbocycles. The van der Waals surface area contributed by atoms with Gasteiger partial charge in [-0.25, -0.2) is 4.79 Å². The Kier molecular flexibility index (Phi) is 8.01. The van der Waals surface area contributed by atoms with Crippen LogP contribution >= 0.6 is 12.6 Å². The van der Waals surface area contributed by atoms with Crippen molar-refractivity contribution in [1.29, 1.82) is 0 Å². The Labute approximate surface area is 101 Å². The number of hydrogen-bond donors (Lipinski definition) is 2. The summed E-state index contributed by atoms with van der Waals surface area (Å²) in [6.45, 7) is 5.86. The molecule has 0 heterocycles. The topological polar surface area (TPSA) is 64.6 Å². The molecule has 0 aromatic heterocycles. The zero-order chi connectivity index (χ0) is 12.6. The molecule has 0 aliphatic rings. The number of rotatable bonds is 7. The quantitative estimate of drug-likeness (QED) is 0.506. The normalized spacial score (nSPS) is 14.0. The van der Waals surface area contributed by atoms with E-state index in [1.165, 1.54) is 6.92 Å². The zero-order valence-electron chi connectivity index (χ0n) is 9.86. The molecule has 0 aliphatic carbocycles. The molecule has 0 radical (unpaired) electrons. The van der Waals surface area contributed by atoms with Gasteiger partial charge in [0.2, 0.25) is 5.91 Å². The smallest absolute Gasteiger partial charge is 0.329 e. The Morgan fingerprint density at radius 3 is 2.50 bits per heavy atom. The number of carbonyl (C=O) groups excluding carboxylic acids is 2. The minimum absolute atomic E-state index is 0.208. The fourth-order valence-corrected chi connectivity index (χ4v) is 1.26. The summed E-state index contributed by atoms with van der Waals surface area (Å²) in [5.74, 6) is -0.564. The lowest BCUT2D eigenvalue weighted by molar-refractivity contribution is -0.154. The third-order valence-electron chi connectivity index (χ3n) is 1.72. The molecule has 1 N–H and O–H groups in total. The Bertz CT molecular complexity index is 235. The Hall–Kier alpha value is -0.750. The molecule has 0 aliphatic heterocycles. The van der Waals surface area contributed by atoms with E-state index in [4.69, 9.17) is 9.47 Å². The molecule has 2 atom stereocenters. The molecular formula is C10H19NO4S. The molecule has 0 saturated carbocycles. The molecule has 0 saturated heterocycles. The van der Waals surface area contributed by atoms with Gasteiger partial charge in [-0.15, -0.1) is 0 Å². The second-order valence-corrected chi connectivity index (χ2v) is 3.71. The summed E-state index contributed by atoms with van der Waals surface area (Å²) in [7, 11) is 0. The van der Waals surface area contributed by atoms with Crippen molar-refractivity contribution >= 4 is 24.5 Å². The van der Waals surface area contributed by atoms with Crippen LogP contribution in [0.2, 0.25) is 0 Å². The molecule has 0 rings (SSSR count). The fourth-order valence-electron chi connectivity index (χ4n) is 1.02. The van der Waals surface area contributed by atoms with Crippen molar-refractivity contribution < 1.29 is 19.1 Å². The SMILES string of the molecule is CCOCC(C)OC(=O)[C@H](CS)NC(C)=O. The monoisotopic (exact) mass is 249 g/mol. The number of carbonyl (C=O) groups is 2. The highest BCUT2D eigenvalue weighted by atomic mass is 32.1. The summed E-state index contributed by atoms with van der Waals surface area (Å²) in [6.07, 6.45) is -0.330. The van der Waals surface area contributed by atoms with Crippen molar-refractivity contribution in [2.24, 2.45) is 0 Å². The molecule has 6 heteroatoms. The standard InChI is InChI=1S/C10H19NO4S/c1-4-14-5-7(2)15-10(13)9(6-16)11-8(3)12/h7,9,16H,4-6H2,1-3H3,(H,11,12)/t7?,9-/m0/s1. The predicted octanol–water partition coefficient (Wildman–Crippen LogP) is 0.389. The first kappa shape index (κ1) is 15.2. The number of amides is 1. The highest BCUT2D eigenvalue weighted by molar-refractivity contribution is 7.80. The summed E-state index contributed by atoms with van der Waals surface area (Å²) in [5, 5.41) is 2.46. The average molecular weight is 249 g/mol. The van der Waals surface area contributed by atoms with Crippen molar-refractivity contribution in [3.8, 4) is 0 Å². The van der Waals surface area contributed by atoms with Crippen LogP contribution in [0.1, 0.15) is 20.8 Å². The van der Waals surface area contributed by atoms with E-state index < -0.39 is 12.0 Å². The third-order valence-corrected chi connectivity index (χ3v) is 2.08. The number of thiol groups is 1. The first-order valence-electron chi connectivity index (χ1n) is 5.17. The van der Waals surface area contributed by atoms with Crippen LogP contribution in [-0.4, -0.2) is 43.0 Å². The lowest BCUT2D eigenvalue weighted by atomic mass is 10.3. The predicted molar refractivity (Wildman–Crippen MR) is 63.5 cm³/mol. The molecule has 94 valence electrons. The van der Waals surface area contributed by atoms with Crippen molar-refractivity contribution in [3.63, 3.8) is 0 Å². The zero-order valence-corrected chi connectivity index (χ0v) is 10.8. The number of ether oxygens (including phenoxy) is 2. The van der Waals surface area contributed by atoms with E-state index >= 15 is 0 Å². The first-order valence-corrected chi connectivity index (χ1v) is 5.80. The number of esters is 1. The van der Waals surface area contributed by atoms with E-state index in [0.29, 0.717) is 13.2 Å². The summed E-state index contributed by atoms with van der Waals surface area (Å²) in [6, 6.07) is -0.704. The Balaban J connectivity index is 4.04. The number of nitrogens with one attached hydrogen (secondary N) is 1. The minimum atomic E-state index is -0.704. The van der Waals surface area contributed by atoms with Crippen molar-refractivity contribution in [2.45, 2.75) is 32.9 Å². The van der Waals surface area contributed by atoms with Crippen molar-refractivity contribution in [1.82, 2.24) is 5.32 Å². The molecule has 1 amide bonds. The Morgan fingerprint density at radius 2 is 2.06 bits per heavy atom. The van der Waals surface area contributed by atoms with Gasteiger partial charge in [0.05, 0.1) is 6.61 Å². The second kappa shape index (κ2) is 8.41. The van der Waals surface area contributed by atoms with Gasteiger partial charge in [0.15, 0.2) is 0 Å².